The van der Waals surface area contributed by atoms with Crippen molar-refractivity contribution in [3.8, 4) is 0 Å². The highest BCUT2D eigenvalue weighted by Crippen LogP contribution is 2.27. The molecule has 0 aliphatic heterocycles. The van der Waals surface area contributed by atoms with Crippen LogP contribution in [0.25, 0.3) is 0 Å². The zero-order valence-corrected chi connectivity index (χ0v) is 20.3. The van der Waals surface area contributed by atoms with Gasteiger partial charge in [0.2, 0.25) is 10.0 Å². The van der Waals surface area contributed by atoms with E-state index in [1.54, 1.807) is 44.2 Å². The molecule has 0 unspecified atom stereocenters. The van der Waals surface area contributed by atoms with Gasteiger partial charge < -0.3 is 5.32 Å². The highest BCUT2D eigenvalue weighted by Gasteiger charge is 2.22. The molecule has 0 aromatic heterocycles. The fourth-order valence-electron chi connectivity index (χ4n) is 3.29. The van der Waals surface area contributed by atoms with Crippen LogP contribution in [-0.2, 0) is 10.0 Å². The fraction of sp³-hybridized carbons (Fsp3) is 0.167. The molecule has 0 bridgehead atoms. The van der Waals surface area contributed by atoms with Gasteiger partial charge in [0, 0.05) is 34.8 Å². The Morgan fingerprint density at radius 1 is 0.879 bits per heavy atom. The molecule has 3 aromatic carbocycles. The minimum Gasteiger partial charge on any atom is -0.321 e. The lowest BCUT2D eigenvalue weighted by atomic mass is 10.0. The van der Waals surface area contributed by atoms with Crippen LogP contribution in [0, 0.1) is 0 Å². The van der Waals surface area contributed by atoms with Crippen molar-refractivity contribution in [1.29, 1.82) is 0 Å². The first-order chi connectivity index (χ1) is 15.7. The first-order valence-electron chi connectivity index (χ1n) is 10.2. The van der Waals surface area contributed by atoms with Gasteiger partial charge in [0.25, 0.3) is 5.91 Å². The highest BCUT2D eigenvalue weighted by molar-refractivity contribution is 7.89. The van der Waals surface area contributed by atoms with Crippen molar-refractivity contribution in [1.82, 2.24) is 4.31 Å². The number of nitrogens with one attached hydrogen (secondary N) is 1. The van der Waals surface area contributed by atoms with Gasteiger partial charge in [-0.3, -0.25) is 9.59 Å². The highest BCUT2D eigenvalue weighted by atomic mass is 35.5. The van der Waals surface area contributed by atoms with Crippen molar-refractivity contribution < 1.29 is 18.0 Å². The number of carbonyl (C=O) groups is 2. The molecule has 0 heterocycles. The van der Waals surface area contributed by atoms with Gasteiger partial charge in [-0.05, 0) is 54.6 Å². The Balaban J connectivity index is 1.88. The van der Waals surface area contributed by atoms with Gasteiger partial charge in [0.1, 0.15) is 0 Å². The molecule has 172 valence electrons. The van der Waals surface area contributed by atoms with Crippen LogP contribution < -0.4 is 5.32 Å². The molecule has 0 aliphatic rings. The maximum atomic E-state index is 13.1. The SMILES string of the molecule is CCN(CC)S(=O)(=O)c1ccc(C(=O)Nc2ccc(Cl)cc2C(=O)c2ccccc2Cl)cc1. The zero-order valence-electron chi connectivity index (χ0n) is 18.0. The van der Waals surface area contributed by atoms with Gasteiger partial charge in [0.05, 0.1) is 15.6 Å². The second kappa shape index (κ2) is 10.5. The van der Waals surface area contributed by atoms with E-state index in [4.69, 9.17) is 23.2 Å². The number of hydrogen-bond donors (Lipinski definition) is 1. The molecule has 0 radical (unpaired) electrons. The van der Waals surface area contributed by atoms with Crippen molar-refractivity contribution in [3.63, 3.8) is 0 Å². The van der Waals surface area contributed by atoms with Gasteiger partial charge >= 0.3 is 0 Å². The van der Waals surface area contributed by atoms with E-state index in [0.29, 0.717) is 18.1 Å². The van der Waals surface area contributed by atoms with E-state index in [9.17, 15) is 18.0 Å². The normalized spacial score (nSPS) is 11.4. The summed E-state index contributed by atoms with van der Waals surface area (Å²) in [5, 5.41) is 3.32. The largest absolute Gasteiger partial charge is 0.321 e. The monoisotopic (exact) mass is 504 g/mol. The van der Waals surface area contributed by atoms with Crippen LogP contribution in [0.5, 0.6) is 0 Å². The summed E-state index contributed by atoms with van der Waals surface area (Å²) in [5.74, 6) is -0.892. The van der Waals surface area contributed by atoms with Crippen molar-refractivity contribution in [3.05, 3.63) is 93.5 Å². The standard InChI is InChI=1S/C24H22Cl2N2O4S/c1-3-28(4-2)33(31,32)18-12-9-16(10-13-18)24(30)27-22-14-11-17(25)15-20(22)23(29)19-7-5-6-8-21(19)26/h5-15H,3-4H2,1-2H3,(H,27,30). The molecule has 0 atom stereocenters. The van der Waals surface area contributed by atoms with Crippen LogP contribution in [0.2, 0.25) is 10.0 Å². The average Bonchev–Trinajstić information content (AvgIpc) is 2.80. The number of benzene rings is 3. The Kier molecular flexibility index (Phi) is 7.92. The predicted molar refractivity (Wildman–Crippen MR) is 131 cm³/mol. The Hall–Kier alpha value is -2.71. The number of carbonyl (C=O) groups excluding carboxylic acids is 2. The molecule has 0 saturated heterocycles. The first kappa shape index (κ1) is 24.9. The summed E-state index contributed by atoms with van der Waals surface area (Å²) in [5.41, 5.74) is 0.960. The van der Waals surface area contributed by atoms with Crippen molar-refractivity contribution in [2.24, 2.45) is 0 Å². The minimum absolute atomic E-state index is 0.101. The lowest BCUT2D eigenvalue weighted by molar-refractivity contribution is 0.102. The van der Waals surface area contributed by atoms with Crippen LogP contribution in [0.4, 0.5) is 5.69 Å². The quantitative estimate of drug-likeness (QED) is 0.410. The van der Waals surface area contributed by atoms with Crippen molar-refractivity contribution >= 4 is 50.6 Å². The molecule has 0 saturated carbocycles. The fourth-order valence-corrected chi connectivity index (χ4v) is 5.14. The zero-order chi connectivity index (χ0) is 24.2. The third-order valence-corrected chi connectivity index (χ3v) is 7.68. The maximum Gasteiger partial charge on any atom is 0.255 e. The van der Waals surface area contributed by atoms with Crippen molar-refractivity contribution in [2.75, 3.05) is 18.4 Å². The first-order valence-corrected chi connectivity index (χ1v) is 12.4. The second-order valence-electron chi connectivity index (χ2n) is 7.07. The van der Waals surface area contributed by atoms with Crippen LogP contribution in [-0.4, -0.2) is 37.5 Å². The lowest BCUT2D eigenvalue weighted by Crippen LogP contribution is -2.30. The van der Waals surface area contributed by atoms with E-state index in [2.05, 4.69) is 5.32 Å². The molecule has 6 nitrogen and oxygen atoms in total. The van der Waals surface area contributed by atoms with E-state index in [-0.39, 0.29) is 38.1 Å². The van der Waals surface area contributed by atoms with Gasteiger partial charge in [-0.25, -0.2) is 8.42 Å². The predicted octanol–water partition coefficient (Wildman–Crippen LogP) is 5.51. The number of nitrogens with zero attached hydrogens (tertiary/aromatic N) is 1. The summed E-state index contributed by atoms with van der Waals surface area (Å²) in [7, 11) is -3.63. The molecule has 3 rings (SSSR count). The number of hydrogen-bond acceptors (Lipinski definition) is 4. The number of rotatable bonds is 8. The lowest BCUT2D eigenvalue weighted by Gasteiger charge is -2.18. The summed E-state index contributed by atoms with van der Waals surface area (Å²) >= 11 is 12.3. The van der Waals surface area contributed by atoms with E-state index in [1.165, 1.54) is 40.7 Å². The Labute approximate surface area is 203 Å². The summed E-state index contributed by atoms with van der Waals surface area (Å²) in [6.45, 7) is 4.21. The van der Waals surface area contributed by atoms with Gasteiger partial charge in [-0.1, -0.05) is 49.2 Å². The summed E-state index contributed by atoms with van der Waals surface area (Å²) in [4.78, 5) is 26.0. The number of anilines is 1. The molecule has 0 spiro atoms. The van der Waals surface area contributed by atoms with Crippen LogP contribution in [0.15, 0.2) is 71.6 Å². The van der Waals surface area contributed by atoms with Crippen molar-refractivity contribution in [2.45, 2.75) is 18.7 Å². The van der Waals surface area contributed by atoms with E-state index < -0.39 is 15.9 Å². The minimum atomic E-state index is -3.63. The van der Waals surface area contributed by atoms with Gasteiger partial charge in [-0.2, -0.15) is 4.31 Å². The molecule has 33 heavy (non-hydrogen) atoms. The van der Waals surface area contributed by atoms with E-state index in [1.807, 2.05) is 0 Å². The Morgan fingerprint density at radius 3 is 2.12 bits per heavy atom. The Morgan fingerprint density at radius 2 is 1.52 bits per heavy atom. The van der Waals surface area contributed by atoms with E-state index >= 15 is 0 Å². The topological polar surface area (TPSA) is 83.6 Å². The summed E-state index contributed by atoms with van der Waals surface area (Å²) < 4.78 is 26.6. The molecule has 1 amide bonds. The van der Waals surface area contributed by atoms with Crippen LogP contribution in [0.3, 0.4) is 0 Å². The smallest absolute Gasteiger partial charge is 0.255 e. The van der Waals surface area contributed by atoms with Crippen LogP contribution in [0.1, 0.15) is 40.1 Å². The number of halogens is 2. The molecule has 1 N–H and O–H groups in total. The van der Waals surface area contributed by atoms with E-state index in [0.717, 1.165) is 0 Å². The third-order valence-electron chi connectivity index (χ3n) is 5.05. The molecule has 0 aliphatic carbocycles. The number of amides is 1. The third kappa shape index (κ3) is 5.45. The molecule has 0 fully saturated rings. The molecule has 3 aromatic rings. The maximum absolute atomic E-state index is 13.1. The number of sulfonamides is 1. The number of ketones is 1. The van der Waals surface area contributed by atoms with Crippen LogP contribution >= 0.6 is 23.2 Å². The van der Waals surface area contributed by atoms with Gasteiger partial charge in [-0.15, -0.1) is 0 Å². The second-order valence-corrected chi connectivity index (χ2v) is 9.85. The molecular weight excluding hydrogens is 483 g/mol. The summed E-state index contributed by atoms with van der Waals surface area (Å²) in [6, 6.07) is 16.8. The summed E-state index contributed by atoms with van der Waals surface area (Å²) in [6.07, 6.45) is 0. The molecular formula is C24H22Cl2N2O4S. The van der Waals surface area contributed by atoms with Gasteiger partial charge in [0.15, 0.2) is 5.78 Å². The molecule has 9 heteroatoms. The Bertz CT molecular complexity index is 1290. The average molecular weight is 505 g/mol.